The zero-order valence-corrected chi connectivity index (χ0v) is 9.32. The first-order chi connectivity index (χ1) is 7.67. The molecule has 1 amide bonds. The number of hydrazine groups is 1. The number of hydrogen-bond donors (Lipinski definition) is 4. The van der Waals surface area contributed by atoms with Crippen LogP contribution in [-0.2, 0) is 4.79 Å². The molecule has 7 nitrogen and oxygen atoms in total. The topological polar surface area (TPSA) is 105 Å². The highest BCUT2D eigenvalue weighted by Gasteiger charge is 2.11. The fourth-order valence-electron chi connectivity index (χ4n) is 1.12. The molecule has 0 bridgehead atoms. The third kappa shape index (κ3) is 3.35. The van der Waals surface area contributed by atoms with Crippen LogP contribution in [0.3, 0.4) is 0 Å². The van der Waals surface area contributed by atoms with Crippen molar-refractivity contribution in [2.45, 2.75) is 19.9 Å². The summed E-state index contributed by atoms with van der Waals surface area (Å²) < 4.78 is 0. The number of rotatable bonds is 5. The fourth-order valence-corrected chi connectivity index (χ4v) is 1.12. The number of anilines is 2. The van der Waals surface area contributed by atoms with Gasteiger partial charge in [-0.05, 0) is 19.9 Å². The first-order valence-electron chi connectivity index (χ1n) is 5.01. The summed E-state index contributed by atoms with van der Waals surface area (Å²) in [5, 5.41) is 5.65. The van der Waals surface area contributed by atoms with E-state index in [2.05, 4.69) is 26.0 Å². The number of nitrogens with zero attached hydrogens (tertiary/aromatic N) is 2. The second-order valence-corrected chi connectivity index (χ2v) is 3.17. The largest absolute Gasteiger partial charge is 0.358 e. The molecule has 7 heteroatoms. The van der Waals surface area contributed by atoms with Crippen LogP contribution in [0, 0.1) is 0 Å². The van der Waals surface area contributed by atoms with E-state index in [0.29, 0.717) is 18.3 Å². The molecule has 16 heavy (non-hydrogen) atoms. The molecule has 0 aromatic carbocycles. The third-order valence-corrected chi connectivity index (χ3v) is 1.89. The highest BCUT2D eigenvalue weighted by atomic mass is 16.2. The van der Waals surface area contributed by atoms with Gasteiger partial charge in [-0.1, -0.05) is 0 Å². The van der Waals surface area contributed by atoms with E-state index in [1.54, 1.807) is 19.2 Å². The van der Waals surface area contributed by atoms with Gasteiger partial charge in [0.25, 0.3) is 0 Å². The highest BCUT2D eigenvalue weighted by molar-refractivity contribution is 5.83. The number of nitrogens with two attached hydrogens (primary N) is 1. The van der Waals surface area contributed by atoms with Crippen molar-refractivity contribution in [3.05, 3.63) is 12.3 Å². The zero-order chi connectivity index (χ0) is 12.0. The van der Waals surface area contributed by atoms with E-state index in [1.807, 2.05) is 6.92 Å². The van der Waals surface area contributed by atoms with Crippen LogP contribution >= 0.6 is 0 Å². The van der Waals surface area contributed by atoms with E-state index < -0.39 is 0 Å². The molecular formula is C9H16N6O. The Kier molecular flexibility index (Phi) is 4.46. The number of amides is 1. The van der Waals surface area contributed by atoms with Gasteiger partial charge in [-0.15, -0.1) is 0 Å². The lowest BCUT2D eigenvalue weighted by Crippen LogP contribution is -2.37. The smallest absolute Gasteiger partial charge is 0.242 e. The second-order valence-electron chi connectivity index (χ2n) is 3.17. The summed E-state index contributed by atoms with van der Waals surface area (Å²) in [5.74, 6) is 5.94. The molecule has 0 aliphatic heterocycles. The van der Waals surface area contributed by atoms with Crippen LogP contribution in [0.1, 0.15) is 13.8 Å². The van der Waals surface area contributed by atoms with Crippen LogP contribution in [-0.4, -0.2) is 28.5 Å². The summed E-state index contributed by atoms with van der Waals surface area (Å²) in [6.07, 6.45) is 1.55. The molecule has 88 valence electrons. The van der Waals surface area contributed by atoms with Crippen molar-refractivity contribution in [3.8, 4) is 0 Å². The van der Waals surface area contributed by atoms with Crippen molar-refractivity contribution in [3.63, 3.8) is 0 Å². The molecule has 1 aromatic rings. The van der Waals surface area contributed by atoms with Gasteiger partial charge in [0, 0.05) is 12.7 Å². The van der Waals surface area contributed by atoms with Crippen molar-refractivity contribution in [1.82, 2.24) is 15.3 Å². The maximum Gasteiger partial charge on any atom is 0.242 e. The van der Waals surface area contributed by atoms with Gasteiger partial charge >= 0.3 is 0 Å². The maximum absolute atomic E-state index is 11.4. The molecule has 1 aromatic heterocycles. The first kappa shape index (κ1) is 12.2. The summed E-state index contributed by atoms with van der Waals surface area (Å²) in [7, 11) is 0. The molecule has 0 saturated carbocycles. The Morgan fingerprint density at radius 1 is 1.62 bits per heavy atom. The SMILES string of the molecule is CCNC(=O)C(C)Nc1ccnc(NN)n1. The summed E-state index contributed by atoms with van der Waals surface area (Å²) in [6.45, 7) is 4.22. The molecule has 0 saturated heterocycles. The molecule has 1 unspecified atom stereocenters. The minimum Gasteiger partial charge on any atom is -0.358 e. The zero-order valence-electron chi connectivity index (χ0n) is 9.32. The first-order valence-corrected chi connectivity index (χ1v) is 5.01. The molecule has 1 rings (SSSR count). The van der Waals surface area contributed by atoms with Gasteiger partial charge in [0.15, 0.2) is 0 Å². The molecular weight excluding hydrogens is 208 g/mol. The van der Waals surface area contributed by atoms with E-state index in [1.165, 1.54) is 0 Å². The third-order valence-electron chi connectivity index (χ3n) is 1.89. The number of aromatic nitrogens is 2. The lowest BCUT2D eigenvalue weighted by molar-refractivity contribution is -0.121. The molecule has 1 heterocycles. The number of nitrogen functional groups attached to an aromatic ring is 1. The Morgan fingerprint density at radius 2 is 2.38 bits per heavy atom. The van der Waals surface area contributed by atoms with Crippen molar-refractivity contribution in [2.75, 3.05) is 17.3 Å². The lowest BCUT2D eigenvalue weighted by Gasteiger charge is -2.13. The Labute approximate surface area is 93.8 Å². The second kappa shape index (κ2) is 5.86. The maximum atomic E-state index is 11.4. The van der Waals surface area contributed by atoms with E-state index >= 15 is 0 Å². The minimum absolute atomic E-state index is 0.0802. The van der Waals surface area contributed by atoms with Gasteiger partial charge in [0.1, 0.15) is 11.9 Å². The Balaban J connectivity index is 2.61. The fraction of sp³-hybridized carbons (Fsp3) is 0.444. The van der Waals surface area contributed by atoms with Crippen LogP contribution in [0.2, 0.25) is 0 Å². The minimum atomic E-state index is -0.361. The average molecular weight is 224 g/mol. The predicted molar refractivity (Wildman–Crippen MR) is 61.6 cm³/mol. The molecule has 0 aliphatic rings. The number of carbonyl (C=O) groups excluding carboxylic acids is 1. The normalized spacial score (nSPS) is 11.7. The van der Waals surface area contributed by atoms with Crippen molar-refractivity contribution < 1.29 is 4.79 Å². The van der Waals surface area contributed by atoms with E-state index in [-0.39, 0.29) is 11.9 Å². The van der Waals surface area contributed by atoms with Crippen molar-refractivity contribution in [2.24, 2.45) is 5.84 Å². The molecule has 0 spiro atoms. The van der Waals surface area contributed by atoms with Gasteiger partial charge in [-0.25, -0.2) is 10.8 Å². The quantitative estimate of drug-likeness (QED) is 0.404. The van der Waals surface area contributed by atoms with Crippen LogP contribution in [0.25, 0.3) is 0 Å². The Hall–Kier alpha value is -1.89. The van der Waals surface area contributed by atoms with Gasteiger partial charge in [0.05, 0.1) is 0 Å². The molecule has 0 fully saturated rings. The highest BCUT2D eigenvalue weighted by Crippen LogP contribution is 2.05. The van der Waals surface area contributed by atoms with Crippen molar-refractivity contribution in [1.29, 1.82) is 0 Å². The number of likely N-dealkylation sites (N-methyl/N-ethyl adjacent to an activating group) is 1. The van der Waals surface area contributed by atoms with E-state index in [4.69, 9.17) is 5.84 Å². The van der Waals surface area contributed by atoms with Gasteiger partial charge in [-0.3, -0.25) is 10.2 Å². The monoisotopic (exact) mass is 224 g/mol. The Bertz CT molecular complexity index is 356. The summed E-state index contributed by atoms with van der Waals surface area (Å²) in [5.41, 5.74) is 2.33. The molecule has 1 atom stereocenters. The van der Waals surface area contributed by atoms with Gasteiger partial charge in [-0.2, -0.15) is 4.98 Å². The lowest BCUT2D eigenvalue weighted by atomic mass is 10.3. The molecule has 0 aliphatic carbocycles. The standard InChI is InChI=1S/C9H16N6O/c1-3-11-8(16)6(2)13-7-4-5-12-9(14-7)15-10/h4-6H,3,10H2,1-2H3,(H,11,16)(H2,12,13,14,15). The van der Waals surface area contributed by atoms with Crippen LogP contribution in [0.4, 0.5) is 11.8 Å². The number of carbonyl (C=O) groups is 1. The summed E-state index contributed by atoms with van der Waals surface area (Å²) >= 11 is 0. The van der Waals surface area contributed by atoms with Gasteiger partial charge in [0.2, 0.25) is 11.9 Å². The van der Waals surface area contributed by atoms with Crippen molar-refractivity contribution >= 4 is 17.7 Å². The number of nitrogens with one attached hydrogen (secondary N) is 3. The van der Waals surface area contributed by atoms with Crippen LogP contribution in [0.15, 0.2) is 12.3 Å². The molecule has 5 N–H and O–H groups in total. The predicted octanol–water partition coefficient (Wildman–Crippen LogP) is -0.301. The van der Waals surface area contributed by atoms with E-state index in [9.17, 15) is 4.79 Å². The molecule has 0 radical (unpaired) electrons. The Morgan fingerprint density at radius 3 is 3.00 bits per heavy atom. The summed E-state index contributed by atoms with van der Waals surface area (Å²) in [4.78, 5) is 19.3. The van der Waals surface area contributed by atoms with Gasteiger partial charge < -0.3 is 10.6 Å². The van der Waals surface area contributed by atoms with Crippen LogP contribution < -0.4 is 21.9 Å². The van der Waals surface area contributed by atoms with Crippen LogP contribution in [0.5, 0.6) is 0 Å². The van der Waals surface area contributed by atoms with E-state index in [0.717, 1.165) is 0 Å². The summed E-state index contributed by atoms with van der Waals surface area (Å²) in [6, 6.07) is 1.30. The average Bonchev–Trinajstić information content (AvgIpc) is 2.29. The number of hydrogen-bond acceptors (Lipinski definition) is 6.